The highest BCUT2D eigenvalue weighted by Crippen LogP contribution is 2.38. The number of imidazole rings is 1. The van der Waals surface area contributed by atoms with Crippen LogP contribution in [0.5, 0.6) is 0 Å². The van der Waals surface area contributed by atoms with Crippen LogP contribution < -0.4 is 0 Å². The Balaban J connectivity index is 2.23. The summed E-state index contributed by atoms with van der Waals surface area (Å²) in [4.78, 5) is 11.8. The van der Waals surface area contributed by atoms with E-state index in [9.17, 15) is 0 Å². The number of aromatic nitrogens is 3. The van der Waals surface area contributed by atoms with Crippen LogP contribution in [0.25, 0.3) is 11.0 Å². The monoisotopic (exact) mass is 159 g/mol. The van der Waals surface area contributed by atoms with E-state index in [4.69, 9.17) is 0 Å². The maximum absolute atomic E-state index is 4.48. The average molecular weight is 159 g/mol. The molecule has 2 aromatic rings. The number of H-pyrrole nitrogens is 1. The molecule has 1 fully saturated rings. The number of aromatic amines is 1. The molecule has 2 heterocycles. The number of pyridine rings is 1. The van der Waals surface area contributed by atoms with Gasteiger partial charge in [-0.15, -0.1) is 0 Å². The summed E-state index contributed by atoms with van der Waals surface area (Å²) >= 11 is 0. The fourth-order valence-electron chi connectivity index (χ4n) is 1.43. The second-order valence-electron chi connectivity index (χ2n) is 3.29. The number of nitrogens with zero attached hydrogens (tertiary/aromatic N) is 2. The SMILES string of the molecule is c1cc2nc(C3CC3)[nH]c2cn1. The minimum absolute atomic E-state index is 0.692. The van der Waals surface area contributed by atoms with E-state index in [2.05, 4.69) is 15.0 Å². The minimum atomic E-state index is 0.692. The summed E-state index contributed by atoms with van der Waals surface area (Å²) in [5.41, 5.74) is 2.09. The van der Waals surface area contributed by atoms with Crippen molar-refractivity contribution < 1.29 is 0 Å². The largest absolute Gasteiger partial charge is 0.340 e. The van der Waals surface area contributed by atoms with E-state index in [0.29, 0.717) is 5.92 Å². The number of fused-ring (bicyclic) bond motifs is 1. The van der Waals surface area contributed by atoms with Gasteiger partial charge < -0.3 is 4.98 Å². The average Bonchev–Trinajstić information content (AvgIpc) is 2.85. The molecular formula is C9H9N3. The van der Waals surface area contributed by atoms with Crippen molar-refractivity contribution in [2.75, 3.05) is 0 Å². The lowest BCUT2D eigenvalue weighted by Crippen LogP contribution is -1.79. The zero-order chi connectivity index (χ0) is 7.97. The number of hydrogen-bond acceptors (Lipinski definition) is 2. The first kappa shape index (κ1) is 6.17. The Kier molecular flexibility index (Phi) is 1.06. The highest BCUT2D eigenvalue weighted by molar-refractivity contribution is 5.73. The van der Waals surface area contributed by atoms with Gasteiger partial charge in [-0.2, -0.15) is 0 Å². The highest BCUT2D eigenvalue weighted by atomic mass is 14.9. The summed E-state index contributed by atoms with van der Waals surface area (Å²) in [6.07, 6.45) is 6.18. The van der Waals surface area contributed by atoms with Gasteiger partial charge in [-0.3, -0.25) is 4.98 Å². The molecule has 0 unspecified atom stereocenters. The Bertz CT molecular complexity index is 381. The van der Waals surface area contributed by atoms with Gasteiger partial charge >= 0.3 is 0 Å². The van der Waals surface area contributed by atoms with E-state index in [-0.39, 0.29) is 0 Å². The number of nitrogens with one attached hydrogen (secondary N) is 1. The molecule has 1 aliphatic rings. The topological polar surface area (TPSA) is 41.6 Å². The molecule has 0 atom stereocenters. The number of hydrogen-bond donors (Lipinski definition) is 1. The van der Waals surface area contributed by atoms with Crippen LogP contribution >= 0.6 is 0 Å². The Morgan fingerprint density at radius 1 is 1.42 bits per heavy atom. The molecule has 1 aliphatic carbocycles. The third kappa shape index (κ3) is 0.826. The predicted molar refractivity (Wildman–Crippen MR) is 45.9 cm³/mol. The van der Waals surface area contributed by atoms with Gasteiger partial charge in [-0.25, -0.2) is 4.98 Å². The molecule has 3 nitrogen and oxygen atoms in total. The Morgan fingerprint density at radius 3 is 3.08 bits per heavy atom. The van der Waals surface area contributed by atoms with Gasteiger partial charge in [-0.1, -0.05) is 0 Å². The van der Waals surface area contributed by atoms with E-state index >= 15 is 0 Å². The standard InChI is InChI=1S/C9H9N3/c1-2-6(1)9-11-7-3-4-10-5-8(7)12-9/h3-6H,1-2H2,(H,11,12). The summed E-state index contributed by atoms with van der Waals surface area (Å²) in [7, 11) is 0. The van der Waals surface area contributed by atoms with Gasteiger partial charge in [0, 0.05) is 12.1 Å². The Morgan fingerprint density at radius 2 is 2.33 bits per heavy atom. The molecule has 1 saturated carbocycles. The first-order chi connectivity index (χ1) is 5.93. The third-order valence-corrected chi connectivity index (χ3v) is 2.27. The zero-order valence-electron chi connectivity index (χ0n) is 6.62. The lowest BCUT2D eigenvalue weighted by atomic mass is 10.4. The molecule has 12 heavy (non-hydrogen) atoms. The van der Waals surface area contributed by atoms with Gasteiger partial charge in [0.1, 0.15) is 5.82 Å². The van der Waals surface area contributed by atoms with E-state index in [1.807, 2.05) is 12.3 Å². The molecule has 3 heteroatoms. The van der Waals surface area contributed by atoms with Crippen molar-refractivity contribution in [3.05, 3.63) is 24.3 Å². The summed E-state index contributed by atoms with van der Waals surface area (Å²) < 4.78 is 0. The Hall–Kier alpha value is -1.38. The van der Waals surface area contributed by atoms with Gasteiger partial charge in [0.15, 0.2) is 0 Å². The van der Waals surface area contributed by atoms with Gasteiger partial charge in [0.2, 0.25) is 0 Å². The predicted octanol–water partition coefficient (Wildman–Crippen LogP) is 1.84. The van der Waals surface area contributed by atoms with Crippen LogP contribution in [0.3, 0.4) is 0 Å². The Labute approximate surface area is 69.9 Å². The molecule has 0 aliphatic heterocycles. The molecule has 3 rings (SSSR count). The van der Waals surface area contributed by atoms with Crippen LogP contribution in [-0.2, 0) is 0 Å². The lowest BCUT2D eigenvalue weighted by Gasteiger charge is -1.84. The van der Waals surface area contributed by atoms with Crippen molar-refractivity contribution in [3.63, 3.8) is 0 Å². The zero-order valence-corrected chi connectivity index (χ0v) is 6.62. The maximum atomic E-state index is 4.48. The van der Waals surface area contributed by atoms with Crippen molar-refractivity contribution in [3.8, 4) is 0 Å². The molecule has 0 saturated heterocycles. The summed E-state index contributed by atoms with van der Waals surface area (Å²) in [6.45, 7) is 0. The highest BCUT2D eigenvalue weighted by Gasteiger charge is 2.26. The van der Waals surface area contributed by atoms with Crippen molar-refractivity contribution in [1.82, 2.24) is 15.0 Å². The smallest absolute Gasteiger partial charge is 0.110 e. The van der Waals surface area contributed by atoms with E-state index in [0.717, 1.165) is 16.9 Å². The third-order valence-electron chi connectivity index (χ3n) is 2.27. The fourth-order valence-corrected chi connectivity index (χ4v) is 1.43. The summed E-state index contributed by atoms with van der Waals surface area (Å²) in [6, 6.07) is 1.94. The molecule has 60 valence electrons. The molecule has 0 aromatic carbocycles. The van der Waals surface area contributed by atoms with Crippen molar-refractivity contribution in [1.29, 1.82) is 0 Å². The van der Waals surface area contributed by atoms with Crippen molar-refractivity contribution >= 4 is 11.0 Å². The maximum Gasteiger partial charge on any atom is 0.110 e. The molecule has 1 N–H and O–H groups in total. The molecule has 0 radical (unpaired) electrons. The van der Waals surface area contributed by atoms with Crippen LogP contribution in [0.2, 0.25) is 0 Å². The van der Waals surface area contributed by atoms with Crippen LogP contribution in [0.15, 0.2) is 18.5 Å². The van der Waals surface area contributed by atoms with E-state index in [1.165, 1.54) is 12.8 Å². The summed E-state index contributed by atoms with van der Waals surface area (Å²) in [5.74, 6) is 1.83. The van der Waals surface area contributed by atoms with E-state index < -0.39 is 0 Å². The molecule has 0 bridgehead atoms. The number of rotatable bonds is 1. The quantitative estimate of drug-likeness (QED) is 0.689. The molecule has 0 spiro atoms. The van der Waals surface area contributed by atoms with Crippen LogP contribution in [0.4, 0.5) is 0 Å². The second kappa shape index (κ2) is 2.06. The minimum Gasteiger partial charge on any atom is -0.340 e. The molecule has 0 amide bonds. The first-order valence-electron chi connectivity index (χ1n) is 4.23. The van der Waals surface area contributed by atoms with Crippen LogP contribution in [0, 0.1) is 0 Å². The van der Waals surface area contributed by atoms with Crippen molar-refractivity contribution in [2.24, 2.45) is 0 Å². The molecular weight excluding hydrogens is 150 g/mol. The molecule has 2 aromatic heterocycles. The van der Waals surface area contributed by atoms with E-state index in [1.54, 1.807) is 6.20 Å². The van der Waals surface area contributed by atoms with Gasteiger partial charge in [0.25, 0.3) is 0 Å². The van der Waals surface area contributed by atoms with Gasteiger partial charge in [0.05, 0.1) is 17.2 Å². The fraction of sp³-hybridized carbons (Fsp3) is 0.333. The van der Waals surface area contributed by atoms with Crippen LogP contribution in [-0.4, -0.2) is 15.0 Å². The van der Waals surface area contributed by atoms with Gasteiger partial charge in [-0.05, 0) is 18.9 Å². The lowest BCUT2D eigenvalue weighted by molar-refractivity contribution is 0.986. The first-order valence-corrected chi connectivity index (χ1v) is 4.23. The van der Waals surface area contributed by atoms with Crippen molar-refractivity contribution in [2.45, 2.75) is 18.8 Å². The normalized spacial score (nSPS) is 17.0. The summed E-state index contributed by atoms with van der Waals surface area (Å²) in [5, 5.41) is 0. The second-order valence-corrected chi connectivity index (χ2v) is 3.29. The van der Waals surface area contributed by atoms with Crippen LogP contribution in [0.1, 0.15) is 24.6 Å².